The van der Waals surface area contributed by atoms with Crippen LogP contribution in [0, 0.1) is 6.92 Å². The molecule has 3 unspecified atom stereocenters. The van der Waals surface area contributed by atoms with Crippen LogP contribution < -0.4 is 14.9 Å². The maximum Gasteiger partial charge on any atom is 0.407 e. The number of benzene rings is 1. The number of likely N-dealkylation sites (tertiary alicyclic amines) is 1. The Hall–Kier alpha value is -3.03. The van der Waals surface area contributed by atoms with Gasteiger partial charge in [0.05, 0.1) is 28.9 Å². The van der Waals surface area contributed by atoms with Gasteiger partial charge in [-0.25, -0.2) is 23.2 Å². The highest BCUT2D eigenvalue weighted by molar-refractivity contribution is 9.10. The lowest BCUT2D eigenvalue weighted by atomic mass is 9.97. The monoisotopic (exact) mass is 719 g/mol. The van der Waals surface area contributed by atoms with E-state index in [2.05, 4.69) is 43.9 Å². The summed E-state index contributed by atoms with van der Waals surface area (Å²) in [5.74, 6) is 0.926. The van der Waals surface area contributed by atoms with Gasteiger partial charge < -0.3 is 19.9 Å². The summed E-state index contributed by atoms with van der Waals surface area (Å²) in [6, 6.07) is 8.82. The Kier molecular flexibility index (Phi) is 14.0. The number of ether oxygens (including phenoxy) is 1. The largest absolute Gasteiger partial charge is 0.444 e. The first-order chi connectivity index (χ1) is 21.9. The molecule has 0 saturated carbocycles. The number of fused-ring (bicyclic) bond motifs is 1. The third-order valence-corrected chi connectivity index (χ3v) is 8.81. The number of piperidine rings is 1. The van der Waals surface area contributed by atoms with Crippen LogP contribution in [0.4, 0.5) is 10.6 Å². The van der Waals surface area contributed by atoms with Crippen molar-refractivity contribution in [2.45, 2.75) is 91.3 Å². The lowest BCUT2D eigenvalue weighted by Gasteiger charge is -2.37. The molecule has 2 aliphatic heterocycles. The van der Waals surface area contributed by atoms with E-state index in [1.54, 1.807) is 6.26 Å². The molecular formula is C33H50BrN7O4S. The Morgan fingerprint density at radius 3 is 2.33 bits per heavy atom. The number of alkyl carbamates (subject to hydrolysis) is 1. The number of carbonyl (C=O) groups is 2. The predicted octanol–water partition coefficient (Wildman–Crippen LogP) is 6.25. The van der Waals surface area contributed by atoms with Crippen LogP contribution in [-0.4, -0.2) is 74.2 Å². The third-order valence-electron chi connectivity index (χ3n) is 7.52. The number of amides is 2. The molecule has 46 heavy (non-hydrogen) atoms. The summed E-state index contributed by atoms with van der Waals surface area (Å²) in [6.07, 6.45) is 8.34. The van der Waals surface area contributed by atoms with Gasteiger partial charge in [-0.15, -0.1) is 5.10 Å². The molecule has 0 bridgehead atoms. The number of hydrogen-bond acceptors (Lipinski definition) is 7. The molecule has 2 aromatic heterocycles. The highest BCUT2D eigenvalue weighted by atomic mass is 79.9. The molecule has 2 fully saturated rings. The molecule has 0 aliphatic carbocycles. The molecule has 3 atom stereocenters. The average Bonchev–Trinajstić information content (AvgIpc) is 3.70. The molecule has 1 aromatic carbocycles. The van der Waals surface area contributed by atoms with Gasteiger partial charge in [0.1, 0.15) is 11.6 Å². The van der Waals surface area contributed by atoms with Crippen molar-refractivity contribution in [1.82, 2.24) is 29.5 Å². The predicted molar refractivity (Wildman–Crippen MR) is 188 cm³/mol. The average molecular weight is 721 g/mol. The summed E-state index contributed by atoms with van der Waals surface area (Å²) in [5, 5.41) is 7.25. The summed E-state index contributed by atoms with van der Waals surface area (Å²) in [4.78, 5) is 33.6. The first-order valence-electron chi connectivity index (χ1n) is 16.0. The van der Waals surface area contributed by atoms with E-state index in [9.17, 15) is 13.8 Å². The fourth-order valence-electron chi connectivity index (χ4n) is 5.54. The maximum atomic E-state index is 13.9. The van der Waals surface area contributed by atoms with Gasteiger partial charge in [-0.3, -0.25) is 4.79 Å². The van der Waals surface area contributed by atoms with Crippen molar-refractivity contribution in [3.8, 4) is 0 Å². The highest BCUT2D eigenvalue weighted by Gasteiger charge is 2.35. The van der Waals surface area contributed by atoms with Crippen LogP contribution in [0.2, 0.25) is 0 Å². The second kappa shape index (κ2) is 17.2. The summed E-state index contributed by atoms with van der Waals surface area (Å²) >= 11 is 3.57. The normalized spacial score (nSPS) is 17.7. The SMILES string of the molecule is CC.CNC(=O)OC(C)(C)C.Cc1cc2nc(C3CCCCN3C(=O)C(NS(C)=O)c3ccccc3Br)cn2nc1N1CCCC1. The van der Waals surface area contributed by atoms with Gasteiger partial charge in [0.15, 0.2) is 11.5 Å². The van der Waals surface area contributed by atoms with Crippen LogP contribution in [0.3, 0.4) is 0 Å². The molecule has 2 aliphatic rings. The maximum absolute atomic E-state index is 13.9. The Balaban J connectivity index is 0.000000454. The van der Waals surface area contributed by atoms with E-state index in [1.807, 2.05) is 74.5 Å². The first kappa shape index (κ1) is 37.4. The van der Waals surface area contributed by atoms with E-state index in [0.29, 0.717) is 6.54 Å². The summed E-state index contributed by atoms with van der Waals surface area (Å²) in [5.41, 5.74) is 3.16. The molecule has 13 heteroatoms. The van der Waals surface area contributed by atoms with Gasteiger partial charge in [0, 0.05) is 37.4 Å². The number of nitrogens with zero attached hydrogens (tertiary/aromatic N) is 5. The Bertz CT molecular complexity index is 1490. The van der Waals surface area contributed by atoms with Crippen LogP contribution >= 0.6 is 15.9 Å². The lowest BCUT2D eigenvalue weighted by molar-refractivity contribution is -0.137. The summed E-state index contributed by atoms with van der Waals surface area (Å²) in [7, 11) is 0.179. The Labute approximate surface area is 284 Å². The first-order valence-corrected chi connectivity index (χ1v) is 18.4. The zero-order chi connectivity index (χ0) is 34.0. The zero-order valence-corrected chi connectivity index (χ0v) is 30.8. The van der Waals surface area contributed by atoms with Crippen molar-refractivity contribution in [2.75, 3.05) is 37.8 Å². The summed E-state index contributed by atoms with van der Waals surface area (Å²) < 4.78 is 22.6. The molecule has 2 amide bonds. The number of carbonyl (C=O) groups excluding carboxylic acids is 2. The minimum Gasteiger partial charge on any atom is -0.444 e. The van der Waals surface area contributed by atoms with Crippen LogP contribution in [0.5, 0.6) is 0 Å². The number of hydrogen-bond donors (Lipinski definition) is 2. The van der Waals surface area contributed by atoms with E-state index in [0.717, 1.165) is 65.1 Å². The van der Waals surface area contributed by atoms with Gasteiger partial charge in [-0.2, -0.15) is 0 Å². The highest BCUT2D eigenvalue weighted by Crippen LogP contribution is 2.35. The second-order valence-electron chi connectivity index (χ2n) is 12.1. The zero-order valence-electron chi connectivity index (χ0n) is 28.4. The lowest BCUT2D eigenvalue weighted by Crippen LogP contribution is -2.45. The van der Waals surface area contributed by atoms with Crippen molar-refractivity contribution in [3.05, 3.63) is 57.8 Å². The van der Waals surface area contributed by atoms with Crippen molar-refractivity contribution in [3.63, 3.8) is 0 Å². The smallest absolute Gasteiger partial charge is 0.407 e. The third kappa shape index (κ3) is 9.98. The molecule has 2 N–H and O–H groups in total. The second-order valence-corrected chi connectivity index (χ2v) is 14.1. The topological polar surface area (TPSA) is 121 Å². The molecule has 4 heterocycles. The molecule has 3 aromatic rings. The van der Waals surface area contributed by atoms with Gasteiger partial charge in [-0.1, -0.05) is 48.0 Å². The number of aryl methyl sites for hydroxylation is 1. The van der Waals surface area contributed by atoms with Crippen LogP contribution in [0.1, 0.15) is 95.6 Å². The number of nitrogens with one attached hydrogen (secondary N) is 2. The van der Waals surface area contributed by atoms with Crippen LogP contribution in [0.25, 0.3) is 5.65 Å². The number of aromatic nitrogens is 3. The van der Waals surface area contributed by atoms with E-state index in [1.165, 1.54) is 19.9 Å². The van der Waals surface area contributed by atoms with Crippen molar-refractivity contribution in [1.29, 1.82) is 0 Å². The minimum atomic E-state index is -1.36. The molecular weight excluding hydrogens is 670 g/mol. The number of halogens is 1. The van der Waals surface area contributed by atoms with E-state index >= 15 is 0 Å². The number of anilines is 1. The molecule has 0 spiro atoms. The van der Waals surface area contributed by atoms with Gasteiger partial charge in [-0.05, 0) is 83.1 Å². The van der Waals surface area contributed by atoms with Gasteiger partial charge >= 0.3 is 6.09 Å². The molecule has 254 valence electrons. The number of imidazole rings is 1. The van der Waals surface area contributed by atoms with Crippen LogP contribution in [-0.2, 0) is 20.5 Å². The van der Waals surface area contributed by atoms with Crippen molar-refractivity contribution >= 4 is 50.4 Å². The Morgan fingerprint density at radius 2 is 1.74 bits per heavy atom. The molecule has 0 radical (unpaired) electrons. The summed E-state index contributed by atoms with van der Waals surface area (Å²) in [6.45, 7) is 14.3. The number of rotatable bonds is 6. The van der Waals surface area contributed by atoms with Gasteiger partial charge in [0.2, 0.25) is 5.91 Å². The van der Waals surface area contributed by atoms with E-state index < -0.39 is 17.0 Å². The van der Waals surface area contributed by atoms with Crippen LogP contribution in [0.15, 0.2) is 41.0 Å². The van der Waals surface area contributed by atoms with Crippen molar-refractivity contribution in [2.24, 2.45) is 0 Å². The minimum absolute atomic E-state index is 0.0873. The fraction of sp³-hybridized carbons (Fsp3) is 0.576. The van der Waals surface area contributed by atoms with E-state index in [-0.39, 0.29) is 23.6 Å². The standard InChI is InChI=1S/C25H31BrN6O2S.C6H13NO2.C2H6/c1-17-15-22-27-20(16-32(22)28-24(17)30-12-7-8-13-30)21-11-5-6-14-31(21)25(33)23(29-35(2)34)18-9-3-4-10-19(18)26;1-6(2,3)9-5(8)7-4;1-2/h3-4,9-10,15-16,21,23,29H,5-8,11-14H2,1-2H3;1-4H3,(H,7,8);1-2H3. The van der Waals surface area contributed by atoms with Crippen molar-refractivity contribution < 1.29 is 18.5 Å². The molecule has 2 saturated heterocycles. The quantitative estimate of drug-likeness (QED) is 0.309. The fourth-order valence-corrected chi connectivity index (χ4v) is 6.62. The van der Waals surface area contributed by atoms with E-state index in [4.69, 9.17) is 14.8 Å². The van der Waals surface area contributed by atoms with Gasteiger partial charge in [0.25, 0.3) is 0 Å². The molecule has 11 nitrogen and oxygen atoms in total. The molecule has 5 rings (SSSR count). The Morgan fingerprint density at radius 1 is 1.09 bits per heavy atom.